The van der Waals surface area contributed by atoms with Gasteiger partial charge in [-0.3, -0.25) is 14.9 Å². The van der Waals surface area contributed by atoms with Crippen molar-refractivity contribution < 1.29 is 19.2 Å². The van der Waals surface area contributed by atoms with Crippen molar-refractivity contribution in [1.82, 2.24) is 0 Å². The van der Waals surface area contributed by atoms with Crippen LogP contribution in [0.2, 0.25) is 5.02 Å². The molecule has 0 aliphatic carbocycles. The molecule has 1 aromatic carbocycles. The average molecular weight is 397 g/mol. The summed E-state index contributed by atoms with van der Waals surface area (Å²) in [5, 5.41) is 14.2. The Hall–Kier alpha value is -2.45. The maximum Gasteiger partial charge on any atom is 0.341 e. The smallest absolute Gasteiger partial charge is 0.341 e. The lowest BCUT2D eigenvalue weighted by atomic mass is 10.1. The minimum absolute atomic E-state index is 0.142. The molecule has 9 heteroatoms. The Morgan fingerprint density at radius 2 is 2.00 bits per heavy atom. The molecule has 26 heavy (non-hydrogen) atoms. The Kier molecular flexibility index (Phi) is 6.33. The molecule has 0 saturated heterocycles. The van der Waals surface area contributed by atoms with Crippen molar-refractivity contribution in [3.8, 4) is 0 Å². The second-order valence-electron chi connectivity index (χ2n) is 5.64. The van der Waals surface area contributed by atoms with Crippen molar-refractivity contribution >= 4 is 45.5 Å². The molecule has 1 heterocycles. The first kappa shape index (κ1) is 19.9. The van der Waals surface area contributed by atoms with Crippen LogP contribution in [0.5, 0.6) is 0 Å². The third-order valence-electron chi connectivity index (χ3n) is 3.44. The summed E-state index contributed by atoms with van der Waals surface area (Å²) in [7, 11) is 0. The van der Waals surface area contributed by atoms with Gasteiger partial charge in [-0.25, -0.2) is 4.79 Å². The minimum atomic E-state index is -0.698. The molecular weight excluding hydrogens is 380 g/mol. The minimum Gasteiger partial charge on any atom is -0.462 e. The second-order valence-corrected chi connectivity index (χ2v) is 7.16. The van der Waals surface area contributed by atoms with Gasteiger partial charge in [-0.1, -0.05) is 25.4 Å². The first-order chi connectivity index (χ1) is 12.2. The van der Waals surface area contributed by atoms with Crippen LogP contribution < -0.4 is 5.32 Å². The topological polar surface area (TPSA) is 98.5 Å². The van der Waals surface area contributed by atoms with Crippen molar-refractivity contribution in [3.05, 3.63) is 55.4 Å². The van der Waals surface area contributed by atoms with Crippen LogP contribution in [-0.2, 0) is 4.74 Å². The van der Waals surface area contributed by atoms with Crippen LogP contribution in [0.25, 0.3) is 0 Å². The van der Waals surface area contributed by atoms with Crippen molar-refractivity contribution in [2.75, 3.05) is 11.9 Å². The van der Waals surface area contributed by atoms with Gasteiger partial charge in [0.1, 0.15) is 10.6 Å². The van der Waals surface area contributed by atoms with Crippen LogP contribution in [-0.4, -0.2) is 23.4 Å². The maximum absolute atomic E-state index is 12.6. The predicted octanol–water partition coefficient (Wildman–Crippen LogP) is 4.86. The van der Waals surface area contributed by atoms with Gasteiger partial charge in [0.15, 0.2) is 0 Å². The van der Waals surface area contributed by atoms with Gasteiger partial charge in [0.25, 0.3) is 11.6 Å². The average Bonchev–Trinajstić information content (AvgIpc) is 2.99. The number of carbonyl (C=O) groups is 2. The summed E-state index contributed by atoms with van der Waals surface area (Å²) in [6, 6.07) is 5.44. The highest BCUT2D eigenvalue weighted by atomic mass is 35.5. The van der Waals surface area contributed by atoms with Crippen LogP contribution >= 0.6 is 22.9 Å². The largest absolute Gasteiger partial charge is 0.462 e. The van der Waals surface area contributed by atoms with Crippen molar-refractivity contribution in [2.24, 2.45) is 0 Å². The molecule has 0 atom stereocenters. The van der Waals surface area contributed by atoms with Gasteiger partial charge in [-0.05, 0) is 31.0 Å². The summed E-state index contributed by atoms with van der Waals surface area (Å²) in [4.78, 5) is 36.1. The standard InChI is InChI=1S/C17H17ClN2O5S/c1-4-25-17(22)12-8-14(9(2)3)26-16(12)19-15(21)11-6-5-10(18)7-13(11)20(23)24/h5-9H,4H2,1-3H3,(H,19,21). The van der Waals surface area contributed by atoms with Crippen LogP contribution in [0.15, 0.2) is 24.3 Å². The van der Waals surface area contributed by atoms with E-state index >= 15 is 0 Å². The van der Waals surface area contributed by atoms with E-state index in [-0.39, 0.29) is 28.7 Å². The molecule has 1 aromatic heterocycles. The first-order valence-electron chi connectivity index (χ1n) is 7.80. The Morgan fingerprint density at radius 1 is 1.31 bits per heavy atom. The van der Waals surface area contributed by atoms with Gasteiger partial charge in [-0.15, -0.1) is 11.3 Å². The van der Waals surface area contributed by atoms with Gasteiger partial charge in [0, 0.05) is 16.0 Å². The highest BCUT2D eigenvalue weighted by molar-refractivity contribution is 7.16. The summed E-state index contributed by atoms with van der Waals surface area (Å²) < 4.78 is 5.02. The molecule has 0 unspecified atom stereocenters. The molecule has 0 fully saturated rings. The lowest BCUT2D eigenvalue weighted by Crippen LogP contribution is -2.15. The molecule has 1 N–H and O–H groups in total. The lowest BCUT2D eigenvalue weighted by Gasteiger charge is -2.07. The fraction of sp³-hybridized carbons (Fsp3) is 0.294. The third-order valence-corrected chi connectivity index (χ3v) is 5.03. The highest BCUT2D eigenvalue weighted by Crippen LogP contribution is 2.34. The lowest BCUT2D eigenvalue weighted by molar-refractivity contribution is -0.385. The van der Waals surface area contributed by atoms with E-state index in [0.29, 0.717) is 5.00 Å². The number of rotatable bonds is 6. The Morgan fingerprint density at radius 3 is 2.58 bits per heavy atom. The monoisotopic (exact) mass is 396 g/mol. The second kappa shape index (κ2) is 8.29. The number of amides is 1. The SMILES string of the molecule is CCOC(=O)c1cc(C(C)C)sc1NC(=O)c1ccc(Cl)cc1[N+](=O)[O-]. The third kappa shape index (κ3) is 4.39. The maximum atomic E-state index is 12.6. The summed E-state index contributed by atoms with van der Waals surface area (Å²) in [6.45, 7) is 5.79. The zero-order valence-corrected chi connectivity index (χ0v) is 15.9. The fourth-order valence-electron chi connectivity index (χ4n) is 2.17. The van der Waals surface area contributed by atoms with Crippen LogP contribution in [0.4, 0.5) is 10.7 Å². The number of halogens is 1. The van der Waals surface area contributed by atoms with Crippen LogP contribution in [0.3, 0.4) is 0 Å². The van der Waals surface area contributed by atoms with E-state index in [0.717, 1.165) is 10.9 Å². The van der Waals surface area contributed by atoms with Crippen molar-refractivity contribution in [1.29, 1.82) is 0 Å². The van der Waals surface area contributed by atoms with Gasteiger partial charge in [0.05, 0.1) is 17.1 Å². The molecule has 0 aliphatic rings. The molecule has 0 bridgehead atoms. The zero-order valence-electron chi connectivity index (χ0n) is 14.4. The number of esters is 1. The van der Waals surface area contributed by atoms with Gasteiger partial charge >= 0.3 is 5.97 Å². The number of thiophene rings is 1. The number of anilines is 1. The van der Waals surface area contributed by atoms with E-state index < -0.39 is 22.5 Å². The number of hydrogen-bond acceptors (Lipinski definition) is 6. The molecule has 0 saturated carbocycles. The van der Waals surface area contributed by atoms with Crippen molar-refractivity contribution in [3.63, 3.8) is 0 Å². The number of nitro groups is 1. The fourth-order valence-corrected chi connectivity index (χ4v) is 3.38. The number of nitrogens with one attached hydrogen (secondary N) is 1. The van der Waals surface area contributed by atoms with Gasteiger partial charge in [0.2, 0.25) is 0 Å². The zero-order chi connectivity index (χ0) is 19.4. The van der Waals surface area contributed by atoms with E-state index in [1.165, 1.54) is 23.5 Å². The summed E-state index contributed by atoms with van der Waals surface area (Å²) >= 11 is 7.00. The molecule has 2 aromatic rings. The van der Waals surface area contributed by atoms with Crippen LogP contribution in [0.1, 0.15) is 52.3 Å². The summed E-state index contributed by atoms with van der Waals surface area (Å²) in [6.07, 6.45) is 0. The molecule has 138 valence electrons. The number of ether oxygens (including phenoxy) is 1. The molecule has 0 aliphatic heterocycles. The number of hydrogen-bond donors (Lipinski definition) is 1. The van der Waals surface area contributed by atoms with E-state index in [1.54, 1.807) is 13.0 Å². The van der Waals surface area contributed by atoms with Gasteiger partial charge < -0.3 is 10.1 Å². The normalized spacial score (nSPS) is 10.7. The molecule has 0 radical (unpaired) electrons. The first-order valence-corrected chi connectivity index (χ1v) is 9.00. The molecule has 1 amide bonds. The van der Waals surface area contributed by atoms with E-state index in [1.807, 2.05) is 13.8 Å². The molecular formula is C17H17ClN2O5S. The summed E-state index contributed by atoms with van der Waals surface area (Å²) in [5.41, 5.74) is -0.326. The molecule has 2 rings (SSSR count). The quantitative estimate of drug-likeness (QED) is 0.427. The van der Waals surface area contributed by atoms with E-state index in [2.05, 4.69) is 5.32 Å². The Bertz CT molecular complexity index is 863. The van der Waals surface area contributed by atoms with Crippen LogP contribution in [0, 0.1) is 10.1 Å². The van der Waals surface area contributed by atoms with E-state index in [4.69, 9.17) is 16.3 Å². The van der Waals surface area contributed by atoms with Gasteiger partial charge in [-0.2, -0.15) is 0 Å². The predicted molar refractivity (Wildman–Crippen MR) is 100 cm³/mol. The number of benzene rings is 1. The number of nitrogens with zero attached hydrogens (tertiary/aromatic N) is 1. The highest BCUT2D eigenvalue weighted by Gasteiger charge is 2.24. The van der Waals surface area contributed by atoms with E-state index in [9.17, 15) is 19.7 Å². The Labute approximate surface area is 159 Å². The molecule has 0 spiro atoms. The van der Waals surface area contributed by atoms with Crippen molar-refractivity contribution in [2.45, 2.75) is 26.7 Å². The summed E-state index contributed by atoms with van der Waals surface area (Å²) in [5.74, 6) is -1.11. The number of carbonyl (C=O) groups excluding carboxylic acids is 2. The Balaban J connectivity index is 2.40. The molecule has 7 nitrogen and oxygen atoms in total. The number of nitro benzene ring substituents is 1.